The van der Waals surface area contributed by atoms with Crippen molar-refractivity contribution >= 4 is 5.91 Å². The van der Waals surface area contributed by atoms with Crippen LogP contribution in [-0.4, -0.2) is 22.2 Å². The highest BCUT2D eigenvalue weighted by Gasteiger charge is 2.14. The number of carbonyl (C=O) groups is 1. The van der Waals surface area contributed by atoms with Crippen LogP contribution in [0.3, 0.4) is 0 Å². The highest BCUT2D eigenvalue weighted by Crippen LogP contribution is 2.20. The van der Waals surface area contributed by atoms with E-state index >= 15 is 0 Å². The zero-order valence-corrected chi connectivity index (χ0v) is 13.2. The molecule has 1 atom stereocenters. The van der Waals surface area contributed by atoms with Crippen LogP contribution in [0.25, 0.3) is 11.5 Å². The van der Waals surface area contributed by atoms with Gasteiger partial charge in [-0.05, 0) is 36.8 Å². The molecule has 0 aliphatic rings. The molecule has 0 bridgehead atoms. The second kappa shape index (κ2) is 7.41. The molecule has 3 aromatic rings. The molecule has 0 spiro atoms. The van der Waals surface area contributed by atoms with E-state index in [2.05, 4.69) is 15.5 Å². The van der Waals surface area contributed by atoms with E-state index in [-0.39, 0.29) is 5.91 Å². The fourth-order valence-electron chi connectivity index (χ4n) is 2.16. The first-order chi connectivity index (χ1) is 11.7. The van der Waals surface area contributed by atoms with Gasteiger partial charge in [-0.3, -0.25) is 4.79 Å². The Labute approximate surface area is 139 Å². The number of nitrogens with zero attached hydrogens (tertiary/aromatic N) is 2. The maximum absolute atomic E-state index is 12.1. The summed E-state index contributed by atoms with van der Waals surface area (Å²) in [4.78, 5) is 12.1. The molecule has 1 amide bonds. The Kier molecular flexibility index (Phi) is 4.86. The number of rotatable bonds is 6. The summed E-state index contributed by atoms with van der Waals surface area (Å²) in [5.74, 6) is 0.871. The van der Waals surface area contributed by atoms with Crippen molar-refractivity contribution in [3.05, 3.63) is 66.6 Å². The molecule has 1 aromatic heterocycles. The van der Waals surface area contributed by atoms with Crippen LogP contribution < -0.4 is 10.1 Å². The lowest BCUT2D eigenvalue weighted by molar-refractivity contribution is -0.127. The number of nitrogens with one attached hydrogen (secondary N) is 1. The van der Waals surface area contributed by atoms with Gasteiger partial charge in [-0.2, -0.15) is 0 Å². The maximum atomic E-state index is 12.1. The van der Waals surface area contributed by atoms with Crippen LogP contribution in [0.2, 0.25) is 0 Å². The highest BCUT2D eigenvalue weighted by molar-refractivity contribution is 5.80. The van der Waals surface area contributed by atoms with Gasteiger partial charge in [-0.15, -0.1) is 10.2 Å². The minimum Gasteiger partial charge on any atom is -0.481 e. The van der Waals surface area contributed by atoms with Gasteiger partial charge in [0.25, 0.3) is 5.91 Å². The molecule has 122 valence electrons. The number of amides is 1. The molecule has 1 unspecified atom stereocenters. The Bertz CT molecular complexity index is 771. The van der Waals surface area contributed by atoms with Crippen molar-refractivity contribution in [3.8, 4) is 17.2 Å². The summed E-state index contributed by atoms with van der Waals surface area (Å²) < 4.78 is 10.8. The molecule has 2 aromatic carbocycles. The molecule has 0 radical (unpaired) electrons. The number of carbonyl (C=O) groups excluding carboxylic acids is 1. The van der Waals surface area contributed by atoms with Crippen molar-refractivity contribution in [2.24, 2.45) is 0 Å². The Balaban J connectivity index is 1.54. The van der Waals surface area contributed by atoms with Gasteiger partial charge in [-0.25, -0.2) is 0 Å². The molecular weight excluding hydrogens is 306 g/mol. The van der Waals surface area contributed by atoms with Gasteiger partial charge >= 0.3 is 0 Å². The van der Waals surface area contributed by atoms with Crippen molar-refractivity contribution in [1.82, 2.24) is 15.5 Å². The second-order valence-electron chi connectivity index (χ2n) is 5.23. The normalized spacial score (nSPS) is 11.7. The molecule has 6 heteroatoms. The molecule has 0 fully saturated rings. The van der Waals surface area contributed by atoms with Crippen molar-refractivity contribution in [1.29, 1.82) is 0 Å². The van der Waals surface area contributed by atoms with E-state index in [4.69, 9.17) is 9.15 Å². The molecule has 0 saturated heterocycles. The summed E-state index contributed by atoms with van der Waals surface area (Å²) >= 11 is 0. The predicted molar refractivity (Wildman–Crippen MR) is 88.1 cm³/mol. The summed E-state index contributed by atoms with van der Waals surface area (Å²) in [5, 5.41) is 10.3. The quantitative estimate of drug-likeness (QED) is 0.755. The summed E-state index contributed by atoms with van der Waals surface area (Å²) in [6.45, 7) is 2.19. The van der Waals surface area contributed by atoms with E-state index in [9.17, 15) is 4.79 Å². The van der Waals surface area contributed by atoms with Crippen LogP contribution in [0.15, 0.2) is 65.4 Å². The summed E-state index contributed by atoms with van der Waals surface area (Å²) in [7, 11) is 0. The van der Waals surface area contributed by atoms with Gasteiger partial charge < -0.3 is 14.5 Å². The van der Waals surface area contributed by atoms with Crippen LogP contribution in [0.4, 0.5) is 0 Å². The highest BCUT2D eigenvalue weighted by atomic mass is 16.5. The topological polar surface area (TPSA) is 77.2 Å². The number of hydrogen-bond acceptors (Lipinski definition) is 5. The molecule has 1 heterocycles. The van der Waals surface area contributed by atoms with E-state index in [1.165, 1.54) is 6.39 Å². The minimum absolute atomic E-state index is 0.167. The van der Waals surface area contributed by atoms with Crippen molar-refractivity contribution in [3.63, 3.8) is 0 Å². The molecule has 3 rings (SSSR count). The van der Waals surface area contributed by atoms with Gasteiger partial charge in [0.1, 0.15) is 5.75 Å². The fourth-order valence-corrected chi connectivity index (χ4v) is 2.16. The lowest BCUT2D eigenvalue weighted by atomic mass is 10.2. The predicted octanol–water partition coefficient (Wildman–Crippen LogP) is 2.82. The number of ether oxygens (including phenoxy) is 1. The number of aromatic nitrogens is 2. The molecular formula is C18H17N3O3. The fraction of sp³-hybridized carbons (Fsp3) is 0.167. The maximum Gasteiger partial charge on any atom is 0.261 e. The zero-order valence-electron chi connectivity index (χ0n) is 13.2. The lowest BCUT2D eigenvalue weighted by Gasteiger charge is -2.15. The van der Waals surface area contributed by atoms with Gasteiger partial charge in [-0.1, -0.05) is 30.3 Å². The average Bonchev–Trinajstić information content (AvgIpc) is 3.16. The van der Waals surface area contributed by atoms with Crippen LogP contribution in [-0.2, 0) is 11.3 Å². The molecule has 0 aliphatic carbocycles. The van der Waals surface area contributed by atoms with E-state index in [0.29, 0.717) is 18.2 Å². The molecule has 1 N–H and O–H groups in total. The molecule has 0 aliphatic heterocycles. The van der Waals surface area contributed by atoms with Crippen molar-refractivity contribution < 1.29 is 13.9 Å². The molecule has 24 heavy (non-hydrogen) atoms. The summed E-state index contributed by atoms with van der Waals surface area (Å²) in [6, 6.07) is 16.9. The van der Waals surface area contributed by atoms with E-state index < -0.39 is 6.10 Å². The van der Waals surface area contributed by atoms with Crippen molar-refractivity contribution in [2.45, 2.75) is 19.6 Å². The van der Waals surface area contributed by atoms with Crippen LogP contribution in [0.5, 0.6) is 5.75 Å². The summed E-state index contributed by atoms with van der Waals surface area (Å²) in [5.41, 5.74) is 1.84. The van der Waals surface area contributed by atoms with Gasteiger partial charge in [0.2, 0.25) is 12.3 Å². The average molecular weight is 323 g/mol. The Morgan fingerprint density at radius 2 is 1.92 bits per heavy atom. The van der Waals surface area contributed by atoms with Crippen LogP contribution >= 0.6 is 0 Å². The van der Waals surface area contributed by atoms with E-state index in [0.717, 1.165) is 11.1 Å². The lowest BCUT2D eigenvalue weighted by Crippen LogP contribution is -2.35. The van der Waals surface area contributed by atoms with Crippen LogP contribution in [0.1, 0.15) is 12.5 Å². The number of hydrogen-bond donors (Lipinski definition) is 1. The van der Waals surface area contributed by atoms with E-state index in [1.54, 1.807) is 31.2 Å². The Hall–Kier alpha value is -3.15. The smallest absolute Gasteiger partial charge is 0.261 e. The third-order valence-corrected chi connectivity index (χ3v) is 3.45. The van der Waals surface area contributed by atoms with Gasteiger partial charge in [0.05, 0.1) is 0 Å². The third-order valence-electron chi connectivity index (χ3n) is 3.45. The third kappa shape index (κ3) is 3.98. The molecule has 0 saturated carbocycles. The zero-order chi connectivity index (χ0) is 16.8. The first kappa shape index (κ1) is 15.7. The number of benzene rings is 2. The largest absolute Gasteiger partial charge is 0.481 e. The summed E-state index contributed by atoms with van der Waals surface area (Å²) in [6.07, 6.45) is 0.682. The molecule has 6 nitrogen and oxygen atoms in total. The SMILES string of the molecule is CC(Oc1ccc(-c2nnco2)cc1)C(=O)NCc1ccccc1. The van der Waals surface area contributed by atoms with E-state index in [1.807, 2.05) is 30.3 Å². The van der Waals surface area contributed by atoms with Crippen molar-refractivity contribution in [2.75, 3.05) is 0 Å². The van der Waals surface area contributed by atoms with Gasteiger partial charge in [0, 0.05) is 12.1 Å². The first-order valence-electron chi connectivity index (χ1n) is 7.57. The van der Waals surface area contributed by atoms with Crippen LogP contribution in [0, 0.1) is 0 Å². The minimum atomic E-state index is -0.594. The monoisotopic (exact) mass is 323 g/mol. The Morgan fingerprint density at radius 3 is 2.58 bits per heavy atom. The second-order valence-corrected chi connectivity index (χ2v) is 5.23. The van der Waals surface area contributed by atoms with Gasteiger partial charge in [0.15, 0.2) is 6.10 Å². The standard InChI is InChI=1S/C18H17N3O3/c1-13(17(22)19-11-14-5-3-2-4-6-14)24-16-9-7-15(8-10-16)18-21-20-12-23-18/h2-10,12-13H,11H2,1H3,(H,19,22). The Morgan fingerprint density at radius 1 is 1.17 bits per heavy atom. The first-order valence-corrected chi connectivity index (χ1v) is 7.57.